The Hall–Kier alpha value is -1.29. The third kappa shape index (κ3) is 3.38. The quantitative estimate of drug-likeness (QED) is 0.878. The van der Waals surface area contributed by atoms with Crippen molar-refractivity contribution < 1.29 is 4.79 Å². The molecule has 1 aromatic heterocycles. The highest BCUT2D eigenvalue weighted by atomic mass is 16.1. The average Bonchev–Trinajstić information content (AvgIpc) is 2.93. The molecule has 1 amide bonds. The summed E-state index contributed by atoms with van der Waals surface area (Å²) in [6.07, 6.45) is 2.98. The van der Waals surface area contributed by atoms with Crippen molar-refractivity contribution in [3.8, 4) is 0 Å². The summed E-state index contributed by atoms with van der Waals surface area (Å²) in [7, 11) is 0. The van der Waals surface area contributed by atoms with Crippen molar-refractivity contribution in [3.05, 3.63) is 23.5 Å². The zero-order valence-electron chi connectivity index (χ0n) is 12.4. The van der Waals surface area contributed by atoms with E-state index >= 15 is 0 Å². The maximum absolute atomic E-state index is 12.0. The molecular weight excluding hydrogens is 238 g/mol. The van der Waals surface area contributed by atoms with Gasteiger partial charge in [-0.05, 0) is 52.6 Å². The Bertz CT molecular complexity index is 444. The predicted octanol–water partition coefficient (Wildman–Crippen LogP) is 2.17. The third-order valence-electron chi connectivity index (χ3n) is 3.98. The van der Waals surface area contributed by atoms with Crippen molar-refractivity contribution in [1.82, 2.24) is 15.2 Å². The third-order valence-corrected chi connectivity index (χ3v) is 3.98. The molecule has 1 atom stereocenters. The molecule has 106 valence electrons. The van der Waals surface area contributed by atoms with E-state index in [2.05, 4.69) is 36.0 Å². The van der Waals surface area contributed by atoms with Crippen LogP contribution in [0, 0.1) is 12.8 Å². The average molecular weight is 263 g/mol. The molecule has 4 nitrogen and oxygen atoms in total. The van der Waals surface area contributed by atoms with Crippen molar-refractivity contribution in [3.63, 3.8) is 0 Å². The molecule has 1 fully saturated rings. The first-order valence-corrected chi connectivity index (χ1v) is 7.05. The molecule has 4 heteroatoms. The Morgan fingerprint density at radius 1 is 1.53 bits per heavy atom. The van der Waals surface area contributed by atoms with Gasteiger partial charge in [-0.3, -0.25) is 9.69 Å². The van der Waals surface area contributed by atoms with Crippen LogP contribution in [0.2, 0.25) is 0 Å². The lowest BCUT2D eigenvalue weighted by molar-refractivity contribution is 0.0945. The summed E-state index contributed by atoms with van der Waals surface area (Å²) in [5, 5.41) is 3.05. The highest BCUT2D eigenvalue weighted by Crippen LogP contribution is 2.23. The second-order valence-corrected chi connectivity index (χ2v) is 6.50. The van der Waals surface area contributed by atoms with Gasteiger partial charge in [0, 0.05) is 30.5 Å². The molecule has 1 aromatic rings. The van der Waals surface area contributed by atoms with Crippen LogP contribution in [-0.4, -0.2) is 41.0 Å². The van der Waals surface area contributed by atoms with E-state index in [1.54, 1.807) is 6.20 Å². The predicted molar refractivity (Wildman–Crippen MR) is 77.3 cm³/mol. The Morgan fingerprint density at radius 2 is 2.26 bits per heavy atom. The van der Waals surface area contributed by atoms with Crippen LogP contribution in [0.1, 0.15) is 43.2 Å². The number of carbonyl (C=O) groups is 1. The molecule has 1 aliphatic rings. The number of aromatic nitrogens is 1. The molecule has 0 radical (unpaired) electrons. The maximum atomic E-state index is 12.0. The fourth-order valence-electron chi connectivity index (χ4n) is 2.64. The summed E-state index contributed by atoms with van der Waals surface area (Å²) in [4.78, 5) is 17.5. The zero-order chi connectivity index (χ0) is 14.0. The largest absolute Gasteiger partial charge is 0.365 e. The number of aromatic amines is 1. The number of hydrogen-bond donors (Lipinski definition) is 2. The lowest BCUT2D eigenvalue weighted by Crippen LogP contribution is -2.40. The van der Waals surface area contributed by atoms with Crippen molar-refractivity contribution in [2.75, 3.05) is 19.6 Å². The van der Waals surface area contributed by atoms with Crippen LogP contribution in [0.25, 0.3) is 0 Å². The van der Waals surface area contributed by atoms with E-state index in [-0.39, 0.29) is 11.4 Å². The molecular formula is C15H25N3O. The molecule has 0 aliphatic carbocycles. The van der Waals surface area contributed by atoms with Crippen LogP contribution in [-0.2, 0) is 0 Å². The standard InChI is InChI=1S/C15H25N3O/c1-11-13(5-7-16-11)14(19)17-9-12-6-8-18(10-12)15(2,3)4/h5,7,12,16H,6,8-10H2,1-4H3,(H,17,19). The van der Waals surface area contributed by atoms with Gasteiger partial charge < -0.3 is 10.3 Å². The highest BCUT2D eigenvalue weighted by Gasteiger charge is 2.30. The van der Waals surface area contributed by atoms with E-state index in [1.165, 1.54) is 6.42 Å². The molecule has 0 bridgehead atoms. The topological polar surface area (TPSA) is 48.1 Å². The Kier molecular flexibility index (Phi) is 3.99. The van der Waals surface area contributed by atoms with Crippen LogP contribution in [0.3, 0.4) is 0 Å². The van der Waals surface area contributed by atoms with Crippen molar-refractivity contribution >= 4 is 5.91 Å². The zero-order valence-corrected chi connectivity index (χ0v) is 12.4. The van der Waals surface area contributed by atoms with Gasteiger partial charge in [0.2, 0.25) is 0 Å². The molecule has 19 heavy (non-hydrogen) atoms. The van der Waals surface area contributed by atoms with Gasteiger partial charge in [-0.1, -0.05) is 0 Å². The summed E-state index contributed by atoms with van der Waals surface area (Å²) < 4.78 is 0. The number of likely N-dealkylation sites (tertiary alicyclic amines) is 1. The van der Waals surface area contributed by atoms with Crippen molar-refractivity contribution in [1.29, 1.82) is 0 Å². The Balaban J connectivity index is 1.81. The van der Waals surface area contributed by atoms with Gasteiger partial charge in [0.05, 0.1) is 5.56 Å². The first-order valence-electron chi connectivity index (χ1n) is 7.05. The van der Waals surface area contributed by atoms with Gasteiger partial charge in [0.25, 0.3) is 5.91 Å². The molecule has 0 saturated carbocycles. The summed E-state index contributed by atoms with van der Waals surface area (Å²) in [5.41, 5.74) is 1.92. The lowest BCUT2D eigenvalue weighted by Gasteiger charge is -2.31. The van der Waals surface area contributed by atoms with E-state index in [9.17, 15) is 4.79 Å². The van der Waals surface area contributed by atoms with Crippen LogP contribution >= 0.6 is 0 Å². The van der Waals surface area contributed by atoms with E-state index in [4.69, 9.17) is 0 Å². The Morgan fingerprint density at radius 3 is 2.79 bits per heavy atom. The van der Waals surface area contributed by atoms with Crippen LogP contribution in [0.4, 0.5) is 0 Å². The molecule has 2 heterocycles. The molecule has 1 aliphatic heterocycles. The Labute approximate surface area is 115 Å². The lowest BCUT2D eigenvalue weighted by atomic mass is 10.1. The molecule has 1 unspecified atom stereocenters. The van der Waals surface area contributed by atoms with Crippen LogP contribution in [0.5, 0.6) is 0 Å². The van der Waals surface area contributed by atoms with Gasteiger partial charge in [-0.2, -0.15) is 0 Å². The molecule has 0 spiro atoms. The number of rotatable bonds is 3. The normalized spacial score (nSPS) is 20.7. The molecule has 2 rings (SSSR count). The number of aryl methyl sites for hydroxylation is 1. The summed E-state index contributed by atoms with van der Waals surface area (Å²) in [6, 6.07) is 1.83. The van der Waals surface area contributed by atoms with E-state index in [1.807, 2.05) is 13.0 Å². The van der Waals surface area contributed by atoms with Gasteiger partial charge in [-0.25, -0.2) is 0 Å². The minimum atomic E-state index is 0.0351. The van der Waals surface area contributed by atoms with Gasteiger partial charge in [0.1, 0.15) is 0 Å². The second-order valence-electron chi connectivity index (χ2n) is 6.50. The number of H-pyrrole nitrogens is 1. The summed E-state index contributed by atoms with van der Waals surface area (Å²) in [6.45, 7) is 11.6. The minimum Gasteiger partial charge on any atom is -0.365 e. The second kappa shape index (κ2) is 5.37. The number of amides is 1. The van der Waals surface area contributed by atoms with Crippen molar-refractivity contribution in [2.45, 2.75) is 39.7 Å². The van der Waals surface area contributed by atoms with Gasteiger partial charge >= 0.3 is 0 Å². The maximum Gasteiger partial charge on any atom is 0.253 e. The van der Waals surface area contributed by atoms with Gasteiger partial charge in [0.15, 0.2) is 0 Å². The fourth-order valence-corrected chi connectivity index (χ4v) is 2.64. The molecule has 0 aromatic carbocycles. The summed E-state index contributed by atoms with van der Waals surface area (Å²) in [5.74, 6) is 0.607. The van der Waals surface area contributed by atoms with E-state index in [0.717, 1.165) is 30.9 Å². The molecule has 1 saturated heterocycles. The minimum absolute atomic E-state index is 0.0351. The van der Waals surface area contributed by atoms with Crippen LogP contribution < -0.4 is 5.32 Å². The monoisotopic (exact) mass is 263 g/mol. The highest BCUT2D eigenvalue weighted by molar-refractivity contribution is 5.95. The molecule has 2 N–H and O–H groups in total. The number of nitrogens with one attached hydrogen (secondary N) is 2. The first kappa shape index (κ1) is 14.1. The smallest absolute Gasteiger partial charge is 0.253 e. The van der Waals surface area contributed by atoms with E-state index < -0.39 is 0 Å². The fraction of sp³-hybridized carbons (Fsp3) is 0.667. The van der Waals surface area contributed by atoms with Crippen molar-refractivity contribution in [2.24, 2.45) is 5.92 Å². The van der Waals surface area contributed by atoms with Gasteiger partial charge in [-0.15, -0.1) is 0 Å². The summed E-state index contributed by atoms with van der Waals surface area (Å²) >= 11 is 0. The number of nitrogens with zero attached hydrogens (tertiary/aromatic N) is 1. The van der Waals surface area contributed by atoms with E-state index in [0.29, 0.717) is 5.92 Å². The number of carbonyl (C=O) groups excluding carboxylic acids is 1. The number of hydrogen-bond acceptors (Lipinski definition) is 2. The first-order chi connectivity index (χ1) is 8.88. The SMILES string of the molecule is Cc1[nH]ccc1C(=O)NCC1CCN(C(C)(C)C)C1. The van der Waals surface area contributed by atoms with Crippen LogP contribution in [0.15, 0.2) is 12.3 Å².